The lowest BCUT2D eigenvalue weighted by Gasteiger charge is -2.43. The second-order valence-corrected chi connectivity index (χ2v) is 13.5. The lowest BCUT2D eigenvalue weighted by molar-refractivity contribution is -0.697. The molecule has 4 atom stereocenters. The van der Waals surface area contributed by atoms with Gasteiger partial charge in [-0.05, 0) is 85.3 Å². The summed E-state index contributed by atoms with van der Waals surface area (Å²) in [7, 11) is -2.06. The van der Waals surface area contributed by atoms with Gasteiger partial charge in [-0.3, -0.25) is 4.55 Å². The lowest BCUT2D eigenvalue weighted by atomic mass is 9.62. The molecule has 1 aromatic heterocycles. The van der Waals surface area contributed by atoms with Crippen LogP contribution in [0.1, 0.15) is 109 Å². The highest BCUT2D eigenvalue weighted by atomic mass is 32.2. The van der Waals surface area contributed by atoms with Crippen molar-refractivity contribution in [3.8, 4) is 0 Å². The zero-order chi connectivity index (χ0) is 25.8. The third-order valence-corrected chi connectivity index (χ3v) is 11.0. The van der Waals surface area contributed by atoms with Crippen molar-refractivity contribution in [1.82, 2.24) is 4.57 Å². The van der Waals surface area contributed by atoms with E-state index in [1.165, 1.54) is 89.0 Å². The van der Waals surface area contributed by atoms with Crippen molar-refractivity contribution in [3.63, 3.8) is 0 Å². The fourth-order valence-corrected chi connectivity index (χ4v) is 8.06. The van der Waals surface area contributed by atoms with E-state index < -0.39 is 10.1 Å². The van der Waals surface area contributed by atoms with Crippen LogP contribution in [0, 0.1) is 16.7 Å². The smallest absolute Gasteiger partial charge is 0.282 e. The van der Waals surface area contributed by atoms with Crippen molar-refractivity contribution in [1.29, 1.82) is 0 Å². The molecular formula is C30H47N2O3S+. The van der Waals surface area contributed by atoms with Gasteiger partial charge in [-0.15, -0.1) is 0 Å². The number of hydrogen-bond donors (Lipinski definition) is 1. The second-order valence-electron chi connectivity index (χ2n) is 12.1. The van der Waals surface area contributed by atoms with E-state index in [4.69, 9.17) is 0 Å². The molecule has 2 aliphatic rings. The summed E-state index contributed by atoms with van der Waals surface area (Å²) in [5, 5.41) is 0. The first-order valence-corrected chi connectivity index (χ1v) is 15.7. The molecule has 1 N–H and O–H groups in total. The molecular weight excluding hydrogens is 468 g/mol. The Morgan fingerprint density at radius 1 is 0.889 bits per heavy atom. The van der Waals surface area contributed by atoms with E-state index in [9.17, 15) is 13.0 Å². The topological polar surface area (TPSA) is 63.2 Å². The summed E-state index contributed by atoms with van der Waals surface area (Å²) in [6.45, 7) is 5.99. The Morgan fingerprint density at radius 3 is 2.03 bits per heavy atom. The number of benzene rings is 1. The van der Waals surface area contributed by atoms with Gasteiger partial charge in [0.2, 0.25) is 6.33 Å². The maximum atomic E-state index is 11.5. The number of aromatic nitrogens is 2. The first-order valence-electron chi connectivity index (χ1n) is 14.2. The Morgan fingerprint density at radius 2 is 1.44 bits per heavy atom. The van der Waals surface area contributed by atoms with Gasteiger partial charge < -0.3 is 0 Å². The van der Waals surface area contributed by atoms with Gasteiger partial charge in [0.05, 0.1) is 18.5 Å². The van der Waals surface area contributed by atoms with E-state index >= 15 is 0 Å². The molecule has 200 valence electrons. The maximum Gasteiger partial charge on any atom is 0.294 e. The van der Waals surface area contributed by atoms with Crippen LogP contribution in [0.5, 0.6) is 0 Å². The molecule has 0 saturated heterocycles. The molecule has 6 heteroatoms. The van der Waals surface area contributed by atoms with Gasteiger partial charge in [0.1, 0.15) is 12.4 Å². The summed E-state index contributed by atoms with van der Waals surface area (Å²) >= 11 is 0. The molecule has 0 aliphatic heterocycles. The van der Waals surface area contributed by atoms with Crippen LogP contribution in [0.4, 0.5) is 0 Å². The minimum atomic E-state index is -4.15. The molecule has 2 fully saturated rings. The van der Waals surface area contributed by atoms with Gasteiger partial charge in [0.25, 0.3) is 10.1 Å². The molecule has 2 aromatic rings. The van der Waals surface area contributed by atoms with Crippen LogP contribution >= 0.6 is 0 Å². The molecule has 5 nitrogen and oxygen atoms in total. The molecule has 0 spiro atoms. The molecule has 2 aliphatic carbocycles. The van der Waals surface area contributed by atoms with Crippen molar-refractivity contribution in [3.05, 3.63) is 48.5 Å². The van der Waals surface area contributed by atoms with Gasteiger partial charge in [-0.2, -0.15) is 8.42 Å². The van der Waals surface area contributed by atoms with E-state index in [0.717, 1.165) is 12.5 Å². The Bertz CT molecular complexity index is 1090. The Labute approximate surface area is 219 Å². The third kappa shape index (κ3) is 6.24. The largest absolute Gasteiger partial charge is 0.294 e. The number of rotatable bonds is 7. The van der Waals surface area contributed by atoms with Crippen LogP contribution in [0.25, 0.3) is 0 Å². The molecule has 1 aromatic carbocycles. The van der Waals surface area contributed by atoms with Crippen molar-refractivity contribution >= 4 is 10.1 Å². The normalized spacial score (nSPS) is 27.7. The van der Waals surface area contributed by atoms with Crippen LogP contribution in [0.3, 0.4) is 0 Å². The van der Waals surface area contributed by atoms with Crippen LogP contribution in [-0.4, -0.2) is 17.5 Å². The fourth-order valence-electron chi connectivity index (χ4n) is 7.58. The van der Waals surface area contributed by atoms with Gasteiger partial charge in [0, 0.05) is 0 Å². The summed E-state index contributed by atoms with van der Waals surface area (Å²) < 4.78 is 37.0. The van der Waals surface area contributed by atoms with Crippen LogP contribution in [-0.2, 0) is 23.7 Å². The summed E-state index contributed by atoms with van der Waals surface area (Å²) in [6, 6.07) is 7.01. The highest BCUT2D eigenvalue weighted by molar-refractivity contribution is 7.85. The summed E-state index contributed by atoms with van der Waals surface area (Å²) in [6.07, 6.45) is 23.5. The number of imidazole rings is 1. The molecule has 4 rings (SSSR count). The zero-order valence-electron chi connectivity index (χ0n) is 22.7. The third-order valence-electron chi connectivity index (χ3n) is 10.1. The summed E-state index contributed by atoms with van der Waals surface area (Å²) in [5.41, 5.74) is 1.94. The molecule has 0 amide bonds. The Hall–Kier alpha value is -1.66. The SMILES string of the molecule is CC(CC[n+]1ccn(C)c1)C12CCCCCC(C(C)c3ccc(S(=O)(=O)O)cc3)(CCCC1)CCC2. The average molecular weight is 516 g/mol. The number of hydrogen-bond acceptors (Lipinski definition) is 2. The van der Waals surface area contributed by atoms with Crippen molar-refractivity contribution < 1.29 is 17.5 Å². The monoisotopic (exact) mass is 515 g/mol. The summed E-state index contributed by atoms with van der Waals surface area (Å²) in [4.78, 5) is -0.0104. The molecule has 36 heavy (non-hydrogen) atoms. The van der Waals surface area contributed by atoms with Gasteiger partial charge in [-0.1, -0.05) is 64.5 Å². The minimum Gasteiger partial charge on any atom is -0.282 e. The number of fused-ring (bicyclic) bond motifs is 4. The maximum absolute atomic E-state index is 11.5. The molecule has 2 bridgehead atoms. The van der Waals surface area contributed by atoms with Crippen LogP contribution in [0.15, 0.2) is 47.9 Å². The Balaban J connectivity index is 1.52. The van der Waals surface area contributed by atoms with Gasteiger partial charge in [0.15, 0.2) is 0 Å². The van der Waals surface area contributed by atoms with Crippen LogP contribution in [0.2, 0.25) is 0 Å². The highest BCUT2D eigenvalue weighted by Crippen LogP contribution is 2.54. The van der Waals surface area contributed by atoms with E-state index in [1.807, 2.05) is 12.1 Å². The molecule has 1 heterocycles. The number of aryl methyl sites for hydroxylation is 2. The van der Waals surface area contributed by atoms with E-state index in [1.54, 1.807) is 12.1 Å². The fraction of sp³-hybridized carbons (Fsp3) is 0.700. The van der Waals surface area contributed by atoms with E-state index in [-0.39, 0.29) is 10.3 Å². The van der Waals surface area contributed by atoms with Crippen molar-refractivity contribution in [2.75, 3.05) is 0 Å². The first-order chi connectivity index (χ1) is 17.1. The highest BCUT2D eigenvalue weighted by Gasteiger charge is 2.41. The van der Waals surface area contributed by atoms with E-state index in [2.05, 4.69) is 48.8 Å². The Kier molecular flexibility index (Phi) is 8.66. The second kappa shape index (κ2) is 11.4. The lowest BCUT2D eigenvalue weighted by Crippen LogP contribution is -2.36. The average Bonchev–Trinajstić information content (AvgIpc) is 3.29. The van der Waals surface area contributed by atoms with Gasteiger partial charge in [-0.25, -0.2) is 9.13 Å². The zero-order valence-corrected chi connectivity index (χ0v) is 23.5. The minimum absolute atomic E-state index is 0.0104. The van der Waals surface area contributed by atoms with Crippen LogP contribution < -0.4 is 4.57 Å². The molecule has 0 radical (unpaired) electrons. The van der Waals surface area contributed by atoms with Crippen molar-refractivity contribution in [2.24, 2.45) is 23.8 Å². The quantitative estimate of drug-likeness (QED) is 0.317. The predicted molar refractivity (Wildman–Crippen MR) is 144 cm³/mol. The first kappa shape index (κ1) is 27.4. The van der Waals surface area contributed by atoms with Crippen molar-refractivity contribution in [2.45, 2.75) is 115 Å². The van der Waals surface area contributed by atoms with E-state index in [0.29, 0.717) is 11.3 Å². The molecule has 4 unspecified atom stereocenters. The number of nitrogens with zero attached hydrogens (tertiary/aromatic N) is 2. The predicted octanol–water partition coefficient (Wildman–Crippen LogP) is 7.07. The van der Waals surface area contributed by atoms with Gasteiger partial charge >= 0.3 is 0 Å². The summed E-state index contributed by atoms with van der Waals surface area (Å²) in [5.74, 6) is 1.11. The standard InChI is InChI=1S/C30H46N2O3S/c1-25(14-21-32-23-22-31(3)24-32)29-15-5-4-6-17-30(20-9-19-29,18-8-7-16-29)26(2)27-10-12-28(13-11-27)36(33,34)35/h10-13,22-26H,4-9,14-21H2,1-3H3/p+1. The molecule has 2 saturated carbocycles.